The van der Waals surface area contributed by atoms with E-state index in [9.17, 15) is 13.6 Å². The van der Waals surface area contributed by atoms with E-state index in [1.54, 1.807) is 0 Å². The van der Waals surface area contributed by atoms with Crippen LogP contribution < -0.4 is 0 Å². The minimum absolute atomic E-state index is 0.0457. The van der Waals surface area contributed by atoms with E-state index in [0.29, 0.717) is 18.8 Å². The molecule has 152 valence electrons. The van der Waals surface area contributed by atoms with Crippen LogP contribution in [-0.2, 0) is 14.3 Å². The normalized spacial score (nSPS) is 14.6. The Bertz CT molecular complexity index is 314. The SMILES string of the molecule is CC=O.CCCCC(F)C(F)(CCC(CC)CCC)OC(C)=O.CO. The Morgan fingerprint density at radius 3 is 2.04 bits per heavy atom. The van der Waals surface area contributed by atoms with Gasteiger partial charge in [0, 0.05) is 20.5 Å². The van der Waals surface area contributed by atoms with E-state index in [-0.39, 0.29) is 12.8 Å². The van der Waals surface area contributed by atoms with Gasteiger partial charge in [-0.1, -0.05) is 52.9 Å². The Labute approximate surface area is 152 Å². The van der Waals surface area contributed by atoms with Crippen molar-refractivity contribution in [3.63, 3.8) is 0 Å². The lowest BCUT2D eigenvalue weighted by atomic mass is 9.91. The molecule has 0 heterocycles. The largest absolute Gasteiger partial charge is 0.425 e. The third kappa shape index (κ3) is 16.2. The molecule has 0 fully saturated rings. The van der Waals surface area contributed by atoms with E-state index in [4.69, 9.17) is 9.90 Å². The summed E-state index contributed by atoms with van der Waals surface area (Å²) in [6.07, 6.45) is 3.99. The molecule has 3 unspecified atom stereocenters. The molecule has 25 heavy (non-hydrogen) atoms. The number of esters is 1. The predicted molar refractivity (Wildman–Crippen MR) is 97.8 cm³/mol. The van der Waals surface area contributed by atoms with Crippen molar-refractivity contribution >= 4 is 12.3 Å². The van der Waals surface area contributed by atoms with Gasteiger partial charge in [0.2, 0.25) is 0 Å². The highest BCUT2D eigenvalue weighted by Crippen LogP contribution is 2.33. The summed E-state index contributed by atoms with van der Waals surface area (Å²) in [6.45, 7) is 8.63. The average Bonchev–Trinajstić information content (AvgIpc) is 2.58. The second-order valence-corrected chi connectivity index (χ2v) is 5.83. The van der Waals surface area contributed by atoms with Crippen LogP contribution in [0, 0.1) is 5.92 Å². The molecule has 0 spiro atoms. The van der Waals surface area contributed by atoms with E-state index >= 15 is 0 Å². The molecule has 3 atom stereocenters. The number of aliphatic hydroxyl groups is 1. The van der Waals surface area contributed by atoms with Gasteiger partial charge in [-0.2, -0.15) is 4.39 Å². The van der Waals surface area contributed by atoms with Crippen LogP contribution in [0.15, 0.2) is 0 Å². The van der Waals surface area contributed by atoms with Gasteiger partial charge in [0.05, 0.1) is 0 Å². The van der Waals surface area contributed by atoms with Crippen LogP contribution in [-0.4, -0.2) is 36.5 Å². The first kappa shape index (κ1) is 28.8. The van der Waals surface area contributed by atoms with Crippen molar-refractivity contribution in [1.82, 2.24) is 0 Å². The molecule has 0 saturated heterocycles. The van der Waals surface area contributed by atoms with Crippen molar-refractivity contribution < 1.29 is 28.2 Å². The molecular formula is C19H38F2O4. The number of halogens is 2. The van der Waals surface area contributed by atoms with Crippen LogP contribution in [0.3, 0.4) is 0 Å². The molecule has 0 amide bonds. The van der Waals surface area contributed by atoms with Gasteiger partial charge in [-0.25, -0.2) is 4.39 Å². The minimum Gasteiger partial charge on any atom is -0.425 e. The fourth-order valence-corrected chi connectivity index (χ4v) is 2.47. The molecule has 0 aromatic rings. The smallest absolute Gasteiger partial charge is 0.305 e. The molecule has 0 aliphatic carbocycles. The Morgan fingerprint density at radius 1 is 1.16 bits per heavy atom. The molecule has 0 saturated carbocycles. The van der Waals surface area contributed by atoms with Crippen molar-refractivity contribution in [3.05, 3.63) is 0 Å². The summed E-state index contributed by atoms with van der Waals surface area (Å²) in [5.41, 5.74) is 0. The molecule has 6 heteroatoms. The van der Waals surface area contributed by atoms with Crippen molar-refractivity contribution in [2.45, 2.75) is 98.0 Å². The summed E-state index contributed by atoms with van der Waals surface area (Å²) >= 11 is 0. The standard InChI is InChI=1S/C16H30F2O2.C2H4O.CH4O/c1-5-8-10-15(17)16(18,20-13(4)19)12-11-14(7-3)9-6-2;1-2-3;1-2/h14-15H,5-12H2,1-4H3;2H,1H3;2H,1H3. The number of hydrogen-bond acceptors (Lipinski definition) is 4. The number of hydrogen-bond donors (Lipinski definition) is 1. The number of aliphatic hydroxyl groups excluding tert-OH is 1. The monoisotopic (exact) mass is 368 g/mol. The molecule has 0 radical (unpaired) electrons. The molecular weight excluding hydrogens is 330 g/mol. The third-order valence-electron chi connectivity index (χ3n) is 3.76. The minimum atomic E-state index is -2.46. The number of unbranched alkanes of at least 4 members (excludes halogenated alkanes) is 1. The van der Waals surface area contributed by atoms with Gasteiger partial charge in [0.25, 0.3) is 5.85 Å². The predicted octanol–water partition coefficient (Wildman–Crippen LogP) is 5.16. The van der Waals surface area contributed by atoms with Crippen LogP contribution in [0.5, 0.6) is 0 Å². The maximum absolute atomic E-state index is 14.7. The summed E-state index contributed by atoms with van der Waals surface area (Å²) < 4.78 is 33.5. The molecule has 0 aromatic heterocycles. The van der Waals surface area contributed by atoms with Crippen LogP contribution in [0.2, 0.25) is 0 Å². The van der Waals surface area contributed by atoms with Crippen molar-refractivity contribution in [2.24, 2.45) is 5.92 Å². The number of ether oxygens (including phenoxy) is 1. The second kappa shape index (κ2) is 19.3. The molecule has 0 aliphatic rings. The highest BCUT2D eigenvalue weighted by atomic mass is 19.2. The van der Waals surface area contributed by atoms with Crippen molar-refractivity contribution in [2.75, 3.05) is 7.11 Å². The molecule has 4 nitrogen and oxygen atoms in total. The van der Waals surface area contributed by atoms with Crippen molar-refractivity contribution in [1.29, 1.82) is 0 Å². The Kier molecular flexibility index (Phi) is 22.2. The van der Waals surface area contributed by atoms with Crippen LogP contribution in [0.4, 0.5) is 8.78 Å². The van der Waals surface area contributed by atoms with E-state index in [1.807, 2.05) is 6.92 Å². The lowest BCUT2D eigenvalue weighted by molar-refractivity contribution is -0.203. The average molecular weight is 369 g/mol. The number of alkyl halides is 2. The van der Waals surface area contributed by atoms with Gasteiger partial charge < -0.3 is 14.6 Å². The summed E-state index contributed by atoms with van der Waals surface area (Å²) in [5.74, 6) is -2.85. The Morgan fingerprint density at radius 2 is 1.68 bits per heavy atom. The summed E-state index contributed by atoms with van der Waals surface area (Å²) in [4.78, 5) is 19.9. The molecule has 0 aliphatic heterocycles. The lowest BCUT2D eigenvalue weighted by Crippen LogP contribution is -2.40. The highest BCUT2D eigenvalue weighted by Gasteiger charge is 2.42. The van der Waals surface area contributed by atoms with Crippen LogP contribution in [0.25, 0.3) is 0 Å². The Balaban J connectivity index is -0.000000866. The number of carbonyl (C=O) groups excluding carboxylic acids is 2. The molecule has 0 aromatic carbocycles. The fourth-order valence-electron chi connectivity index (χ4n) is 2.47. The third-order valence-corrected chi connectivity index (χ3v) is 3.76. The van der Waals surface area contributed by atoms with Gasteiger partial charge in [-0.3, -0.25) is 4.79 Å². The van der Waals surface area contributed by atoms with Crippen LogP contribution >= 0.6 is 0 Å². The van der Waals surface area contributed by atoms with Gasteiger partial charge in [0.15, 0.2) is 6.17 Å². The topological polar surface area (TPSA) is 63.6 Å². The fraction of sp³-hybridized carbons (Fsp3) is 0.895. The van der Waals surface area contributed by atoms with Gasteiger partial charge in [-0.15, -0.1) is 0 Å². The summed E-state index contributed by atoms with van der Waals surface area (Å²) in [6, 6.07) is 0. The maximum atomic E-state index is 14.7. The molecule has 0 bridgehead atoms. The first-order valence-electron chi connectivity index (χ1n) is 9.18. The van der Waals surface area contributed by atoms with Crippen LogP contribution in [0.1, 0.15) is 86.0 Å². The zero-order chi connectivity index (χ0) is 20.3. The first-order chi connectivity index (χ1) is 11.8. The van der Waals surface area contributed by atoms with E-state index in [0.717, 1.165) is 46.0 Å². The highest BCUT2D eigenvalue weighted by molar-refractivity contribution is 5.66. The van der Waals surface area contributed by atoms with Gasteiger partial charge >= 0.3 is 5.97 Å². The number of rotatable bonds is 11. The molecule has 0 rings (SSSR count). The quantitative estimate of drug-likeness (QED) is 0.404. The van der Waals surface area contributed by atoms with Gasteiger partial charge in [-0.05, 0) is 25.7 Å². The maximum Gasteiger partial charge on any atom is 0.305 e. The lowest BCUT2D eigenvalue weighted by Gasteiger charge is -2.29. The van der Waals surface area contributed by atoms with E-state index in [2.05, 4.69) is 18.6 Å². The first-order valence-corrected chi connectivity index (χ1v) is 9.18. The number of aldehydes is 1. The Hall–Kier alpha value is -1.04. The van der Waals surface area contributed by atoms with Gasteiger partial charge in [0.1, 0.15) is 6.29 Å². The number of carbonyl (C=O) groups is 2. The van der Waals surface area contributed by atoms with E-state index < -0.39 is 18.0 Å². The summed E-state index contributed by atoms with van der Waals surface area (Å²) in [5, 5.41) is 7.00. The van der Waals surface area contributed by atoms with E-state index in [1.165, 1.54) is 6.92 Å². The summed E-state index contributed by atoms with van der Waals surface area (Å²) in [7, 11) is 1.00. The van der Waals surface area contributed by atoms with Crippen molar-refractivity contribution in [3.8, 4) is 0 Å². The zero-order valence-corrected chi connectivity index (χ0v) is 16.8. The zero-order valence-electron chi connectivity index (χ0n) is 16.8. The second-order valence-electron chi connectivity index (χ2n) is 5.83. The molecule has 1 N–H and O–H groups in total.